The Balaban J connectivity index is 1.63. The fourth-order valence-electron chi connectivity index (χ4n) is 4.26. The second kappa shape index (κ2) is 10.7. The summed E-state index contributed by atoms with van der Waals surface area (Å²) < 4.78 is 18.6. The topological polar surface area (TPSA) is 83.0 Å². The number of aromatic nitrogens is 1. The van der Waals surface area contributed by atoms with E-state index in [0.29, 0.717) is 37.3 Å². The summed E-state index contributed by atoms with van der Waals surface area (Å²) in [7, 11) is 1.58. The normalized spacial score (nSPS) is 15.1. The van der Waals surface area contributed by atoms with Gasteiger partial charge >= 0.3 is 5.97 Å². The van der Waals surface area contributed by atoms with Crippen LogP contribution in [0.1, 0.15) is 24.3 Å². The molecule has 1 atom stereocenters. The van der Waals surface area contributed by atoms with E-state index in [4.69, 9.17) is 25.5 Å². The Hall–Kier alpha value is -4.14. The predicted octanol–water partition coefficient (Wildman–Crippen LogP) is 4.89. The number of thiazole rings is 1. The standard InChI is InChI=1S/C29H23ClN2O5S/c1-4-15-36-28(34)25-17(2)31-29-32(26(25)18-9-11-19(35-3)12-10-18)27(33)24(38-29)16-20-13-14-23(37-20)21-7-5-6-8-22(21)30/h4-14,16,26H,1,15H2,2-3H3/b24-16-/t26-/m1/s1. The van der Waals surface area contributed by atoms with Crippen LogP contribution in [-0.4, -0.2) is 24.3 Å². The van der Waals surface area contributed by atoms with Gasteiger partial charge in [0.25, 0.3) is 5.56 Å². The Bertz CT molecular complexity index is 1740. The molecule has 4 aromatic rings. The average Bonchev–Trinajstić information content (AvgIpc) is 3.51. The number of ether oxygens (including phenoxy) is 2. The van der Waals surface area contributed by atoms with Gasteiger partial charge in [-0.3, -0.25) is 9.36 Å². The molecule has 1 aliphatic rings. The number of esters is 1. The van der Waals surface area contributed by atoms with Gasteiger partial charge in [-0.1, -0.05) is 59.9 Å². The number of methoxy groups -OCH3 is 1. The number of allylic oxidation sites excluding steroid dienone is 1. The summed E-state index contributed by atoms with van der Waals surface area (Å²) >= 11 is 7.53. The maximum absolute atomic E-state index is 13.7. The molecule has 2 aromatic carbocycles. The van der Waals surface area contributed by atoms with E-state index in [0.717, 1.165) is 11.1 Å². The minimum atomic E-state index is -0.730. The van der Waals surface area contributed by atoms with Crippen molar-refractivity contribution in [3.63, 3.8) is 0 Å². The highest BCUT2D eigenvalue weighted by molar-refractivity contribution is 7.07. The lowest BCUT2D eigenvalue weighted by Crippen LogP contribution is -2.39. The van der Waals surface area contributed by atoms with Crippen molar-refractivity contribution < 1.29 is 18.7 Å². The summed E-state index contributed by atoms with van der Waals surface area (Å²) in [5, 5.41) is 0.568. The molecule has 3 heterocycles. The zero-order chi connectivity index (χ0) is 26.8. The molecule has 5 rings (SSSR count). The molecule has 7 nitrogen and oxygen atoms in total. The Kier molecular flexibility index (Phi) is 7.18. The van der Waals surface area contributed by atoms with E-state index in [-0.39, 0.29) is 17.7 Å². The first kappa shape index (κ1) is 25.5. The van der Waals surface area contributed by atoms with E-state index in [1.54, 1.807) is 44.4 Å². The molecule has 0 unspecified atom stereocenters. The van der Waals surface area contributed by atoms with E-state index >= 15 is 0 Å². The van der Waals surface area contributed by atoms with Gasteiger partial charge in [-0.25, -0.2) is 9.79 Å². The number of hydrogen-bond acceptors (Lipinski definition) is 7. The van der Waals surface area contributed by atoms with Crippen molar-refractivity contribution in [3.8, 4) is 17.1 Å². The summed E-state index contributed by atoms with van der Waals surface area (Å²) in [6, 6.07) is 17.4. The fraction of sp³-hybridized carbons (Fsp3) is 0.138. The van der Waals surface area contributed by atoms with Gasteiger partial charge in [0.15, 0.2) is 4.80 Å². The molecular formula is C29H23ClN2O5S. The number of carbonyl (C=O) groups excluding carboxylic acids is 1. The second-order valence-corrected chi connectivity index (χ2v) is 9.84. The molecule has 38 heavy (non-hydrogen) atoms. The largest absolute Gasteiger partial charge is 0.497 e. The number of carbonyl (C=O) groups is 1. The summed E-state index contributed by atoms with van der Waals surface area (Å²) in [4.78, 5) is 31.9. The molecule has 1 aliphatic heterocycles. The number of fused-ring (bicyclic) bond motifs is 1. The van der Waals surface area contributed by atoms with Crippen LogP contribution in [0.2, 0.25) is 5.02 Å². The van der Waals surface area contributed by atoms with Gasteiger partial charge in [-0.05, 0) is 48.9 Å². The van der Waals surface area contributed by atoms with E-state index in [9.17, 15) is 9.59 Å². The van der Waals surface area contributed by atoms with Gasteiger partial charge in [-0.15, -0.1) is 0 Å². The SMILES string of the molecule is C=CCOC(=O)C1=C(C)N=c2s/c(=C\c3ccc(-c4ccccc4Cl)o3)c(=O)n2[C@@H]1c1ccc(OC)cc1. The Morgan fingerprint density at radius 1 is 1.18 bits per heavy atom. The monoisotopic (exact) mass is 546 g/mol. The molecule has 0 saturated heterocycles. The van der Waals surface area contributed by atoms with Crippen molar-refractivity contribution in [3.05, 3.63) is 121 Å². The molecule has 0 radical (unpaired) electrons. The number of rotatable bonds is 7. The third kappa shape index (κ3) is 4.76. The second-order valence-electron chi connectivity index (χ2n) is 8.42. The van der Waals surface area contributed by atoms with Crippen molar-refractivity contribution in [2.24, 2.45) is 4.99 Å². The molecule has 0 fully saturated rings. The number of nitrogens with zero attached hydrogens (tertiary/aromatic N) is 2. The minimum Gasteiger partial charge on any atom is -0.497 e. The summed E-state index contributed by atoms with van der Waals surface area (Å²) in [5.41, 5.74) is 1.94. The third-order valence-corrected chi connectivity index (χ3v) is 7.36. The van der Waals surface area contributed by atoms with Gasteiger partial charge in [0, 0.05) is 11.6 Å². The van der Waals surface area contributed by atoms with Crippen molar-refractivity contribution >= 4 is 35.0 Å². The molecule has 0 aliphatic carbocycles. The van der Waals surface area contributed by atoms with Gasteiger partial charge in [0.05, 0.1) is 34.0 Å². The van der Waals surface area contributed by atoms with Crippen LogP contribution in [0, 0.1) is 0 Å². The number of hydrogen-bond donors (Lipinski definition) is 0. The highest BCUT2D eigenvalue weighted by atomic mass is 35.5. The number of halogens is 1. The summed E-state index contributed by atoms with van der Waals surface area (Å²) in [5.74, 6) is 1.18. The van der Waals surface area contributed by atoms with E-state index < -0.39 is 12.0 Å². The molecule has 9 heteroatoms. The lowest BCUT2D eigenvalue weighted by molar-refractivity contribution is -0.138. The summed E-state index contributed by atoms with van der Waals surface area (Å²) in [6.07, 6.45) is 3.16. The van der Waals surface area contributed by atoms with Crippen LogP contribution in [-0.2, 0) is 9.53 Å². The lowest BCUT2D eigenvalue weighted by atomic mass is 9.96. The highest BCUT2D eigenvalue weighted by Crippen LogP contribution is 2.32. The highest BCUT2D eigenvalue weighted by Gasteiger charge is 2.33. The van der Waals surface area contributed by atoms with Crippen molar-refractivity contribution in [2.75, 3.05) is 13.7 Å². The Morgan fingerprint density at radius 2 is 1.95 bits per heavy atom. The van der Waals surface area contributed by atoms with Crippen molar-refractivity contribution in [1.82, 2.24) is 4.57 Å². The van der Waals surface area contributed by atoms with Crippen molar-refractivity contribution in [1.29, 1.82) is 0 Å². The van der Waals surface area contributed by atoms with Crippen LogP contribution in [0.3, 0.4) is 0 Å². The Morgan fingerprint density at radius 3 is 2.66 bits per heavy atom. The molecule has 0 bridgehead atoms. The fourth-order valence-corrected chi connectivity index (χ4v) is 5.52. The smallest absolute Gasteiger partial charge is 0.338 e. The van der Waals surface area contributed by atoms with Crippen LogP contribution in [0.15, 0.2) is 98.8 Å². The first-order valence-electron chi connectivity index (χ1n) is 11.7. The van der Waals surface area contributed by atoms with E-state index in [1.807, 2.05) is 36.4 Å². The lowest BCUT2D eigenvalue weighted by Gasteiger charge is -2.24. The molecule has 0 N–H and O–H groups in total. The average molecular weight is 547 g/mol. The van der Waals surface area contributed by atoms with Gasteiger partial charge in [0.2, 0.25) is 0 Å². The Labute approximate surface area is 227 Å². The molecule has 2 aromatic heterocycles. The van der Waals surface area contributed by atoms with E-state index in [2.05, 4.69) is 11.6 Å². The first-order valence-corrected chi connectivity index (χ1v) is 12.9. The van der Waals surface area contributed by atoms with Gasteiger partial charge < -0.3 is 13.9 Å². The van der Waals surface area contributed by atoms with Crippen LogP contribution in [0.4, 0.5) is 0 Å². The predicted molar refractivity (Wildman–Crippen MR) is 147 cm³/mol. The van der Waals surface area contributed by atoms with Gasteiger partial charge in [-0.2, -0.15) is 0 Å². The third-order valence-electron chi connectivity index (χ3n) is 6.04. The van der Waals surface area contributed by atoms with E-state index in [1.165, 1.54) is 22.0 Å². The molecular weight excluding hydrogens is 524 g/mol. The molecule has 0 amide bonds. The molecule has 192 valence electrons. The molecule has 0 saturated carbocycles. The zero-order valence-corrected chi connectivity index (χ0v) is 22.2. The van der Waals surface area contributed by atoms with Crippen LogP contribution >= 0.6 is 22.9 Å². The van der Waals surface area contributed by atoms with Gasteiger partial charge in [0.1, 0.15) is 23.9 Å². The molecule has 0 spiro atoms. The maximum atomic E-state index is 13.7. The maximum Gasteiger partial charge on any atom is 0.338 e. The summed E-state index contributed by atoms with van der Waals surface area (Å²) in [6.45, 7) is 5.39. The van der Waals surface area contributed by atoms with Crippen LogP contribution in [0.5, 0.6) is 5.75 Å². The zero-order valence-electron chi connectivity index (χ0n) is 20.6. The van der Waals surface area contributed by atoms with Crippen LogP contribution < -0.4 is 19.6 Å². The van der Waals surface area contributed by atoms with Crippen LogP contribution in [0.25, 0.3) is 17.4 Å². The quantitative estimate of drug-likeness (QED) is 0.243. The number of benzene rings is 2. The minimum absolute atomic E-state index is 0.0433. The van der Waals surface area contributed by atoms with Crippen molar-refractivity contribution in [2.45, 2.75) is 13.0 Å². The first-order chi connectivity index (χ1) is 18.4. The number of furan rings is 1.